The van der Waals surface area contributed by atoms with Gasteiger partial charge in [0.05, 0.1) is 10.7 Å². The number of nitrogen functional groups attached to an aromatic ring is 1. The number of anilines is 2. The Labute approximate surface area is 108 Å². The molecule has 0 aliphatic rings. The second kappa shape index (κ2) is 6.02. The second-order valence-electron chi connectivity index (χ2n) is 3.86. The maximum atomic E-state index is 11.6. The topological polar surface area (TPSA) is 72.2 Å². The van der Waals surface area contributed by atoms with Gasteiger partial charge in [-0.15, -0.1) is 0 Å². The number of amides is 1. The summed E-state index contributed by atoms with van der Waals surface area (Å²) in [5, 5.41) is 2.95. The molecule has 0 saturated heterocycles. The van der Waals surface area contributed by atoms with Gasteiger partial charge in [0.15, 0.2) is 0 Å². The Balaban J connectivity index is 2.68. The van der Waals surface area contributed by atoms with E-state index in [9.17, 15) is 9.00 Å². The average Bonchev–Trinajstić information content (AvgIpc) is 2.23. The van der Waals surface area contributed by atoms with E-state index in [1.807, 2.05) is 0 Å². The molecule has 3 N–H and O–H groups in total. The molecule has 17 heavy (non-hydrogen) atoms. The summed E-state index contributed by atoms with van der Waals surface area (Å²) in [7, 11) is -1.17. The zero-order valence-electron chi connectivity index (χ0n) is 9.70. The van der Waals surface area contributed by atoms with Crippen molar-refractivity contribution in [3.05, 3.63) is 23.2 Å². The molecule has 0 aliphatic carbocycles. The van der Waals surface area contributed by atoms with Crippen molar-refractivity contribution in [2.75, 3.05) is 16.8 Å². The molecule has 0 aliphatic heterocycles. The molecule has 1 aromatic rings. The lowest BCUT2D eigenvalue weighted by Gasteiger charge is -2.09. The van der Waals surface area contributed by atoms with Gasteiger partial charge in [-0.3, -0.25) is 9.00 Å². The summed E-state index contributed by atoms with van der Waals surface area (Å²) in [5.41, 5.74) is 6.53. The van der Waals surface area contributed by atoms with Gasteiger partial charge in [-0.25, -0.2) is 0 Å². The first-order chi connectivity index (χ1) is 7.90. The zero-order chi connectivity index (χ0) is 13.0. The Kier molecular flexibility index (Phi) is 4.96. The van der Waals surface area contributed by atoms with Gasteiger partial charge in [-0.05, 0) is 18.2 Å². The summed E-state index contributed by atoms with van der Waals surface area (Å²) < 4.78 is 11.5. The first-order valence-corrected chi connectivity index (χ1v) is 6.88. The van der Waals surface area contributed by atoms with Crippen molar-refractivity contribution in [1.82, 2.24) is 0 Å². The highest BCUT2D eigenvalue weighted by molar-refractivity contribution is 7.86. The molecule has 0 heterocycles. The second-order valence-corrected chi connectivity index (χ2v) is 6.26. The monoisotopic (exact) mass is 274 g/mol. The molecule has 4 nitrogen and oxygen atoms in total. The molecule has 1 rings (SSSR count). The fourth-order valence-electron chi connectivity index (χ4n) is 1.12. The van der Waals surface area contributed by atoms with Crippen molar-refractivity contribution in [1.29, 1.82) is 0 Å². The van der Waals surface area contributed by atoms with Gasteiger partial charge >= 0.3 is 0 Å². The molecule has 0 bridgehead atoms. The third-order valence-electron chi connectivity index (χ3n) is 2.06. The minimum absolute atomic E-state index is 0.0389. The molecule has 6 heteroatoms. The molecular formula is C11H15ClN2O2S. The number of hydrogen-bond acceptors (Lipinski definition) is 3. The van der Waals surface area contributed by atoms with Crippen LogP contribution in [0.25, 0.3) is 0 Å². The van der Waals surface area contributed by atoms with Crippen LogP contribution in [0.15, 0.2) is 18.2 Å². The van der Waals surface area contributed by atoms with Crippen LogP contribution in [0.1, 0.15) is 13.8 Å². The van der Waals surface area contributed by atoms with Gasteiger partial charge in [0, 0.05) is 21.7 Å². The number of carbonyl (C=O) groups is 1. The third-order valence-corrected chi connectivity index (χ3v) is 3.99. The highest BCUT2D eigenvalue weighted by Gasteiger charge is 2.12. The van der Waals surface area contributed by atoms with Crippen LogP contribution in [-0.4, -0.2) is 21.1 Å². The first kappa shape index (κ1) is 14.0. The molecule has 1 amide bonds. The molecule has 1 unspecified atom stereocenters. The first-order valence-electron chi connectivity index (χ1n) is 5.12. The van der Waals surface area contributed by atoms with Gasteiger partial charge in [0.2, 0.25) is 5.91 Å². The minimum atomic E-state index is -1.17. The molecule has 0 radical (unpaired) electrons. The summed E-state index contributed by atoms with van der Waals surface area (Å²) in [4.78, 5) is 11.6. The van der Waals surface area contributed by atoms with Crippen LogP contribution in [0, 0.1) is 0 Å². The molecule has 0 fully saturated rings. The molecular weight excluding hydrogens is 260 g/mol. The van der Waals surface area contributed by atoms with Crippen LogP contribution in [0.5, 0.6) is 0 Å². The lowest BCUT2D eigenvalue weighted by molar-refractivity contribution is -0.113. The lowest BCUT2D eigenvalue weighted by Crippen LogP contribution is -2.23. The van der Waals surface area contributed by atoms with Gasteiger partial charge in [0.1, 0.15) is 5.75 Å². The Morgan fingerprint density at radius 1 is 1.53 bits per heavy atom. The van der Waals surface area contributed by atoms with E-state index in [2.05, 4.69) is 5.32 Å². The Bertz CT molecular complexity index is 449. The van der Waals surface area contributed by atoms with Gasteiger partial charge in [-0.2, -0.15) is 0 Å². The van der Waals surface area contributed by atoms with E-state index < -0.39 is 10.8 Å². The van der Waals surface area contributed by atoms with E-state index in [1.54, 1.807) is 32.0 Å². The standard InChI is InChI=1S/C11H15ClN2O2S/c1-7(2)17(16)6-11(15)14-10-5-8(13)3-4-9(10)12/h3-5,7H,6,13H2,1-2H3,(H,14,15). The van der Waals surface area contributed by atoms with Crippen molar-refractivity contribution in [2.45, 2.75) is 19.1 Å². The summed E-state index contributed by atoms with van der Waals surface area (Å²) in [5.74, 6) is -0.368. The summed E-state index contributed by atoms with van der Waals surface area (Å²) >= 11 is 5.89. The number of halogens is 1. The Morgan fingerprint density at radius 3 is 2.76 bits per heavy atom. The predicted molar refractivity (Wildman–Crippen MR) is 72.6 cm³/mol. The zero-order valence-corrected chi connectivity index (χ0v) is 11.3. The lowest BCUT2D eigenvalue weighted by atomic mass is 10.3. The van der Waals surface area contributed by atoms with Crippen LogP contribution in [-0.2, 0) is 15.6 Å². The summed E-state index contributed by atoms with van der Waals surface area (Å²) in [6.45, 7) is 3.60. The number of rotatable bonds is 4. The molecule has 0 spiro atoms. The van der Waals surface area contributed by atoms with Crippen molar-refractivity contribution < 1.29 is 9.00 Å². The maximum absolute atomic E-state index is 11.6. The van der Waals surface area contributed by atoms with Crippen LogP contribution >= 0.6 is 11.6 Å². The van der Waals surface area contributed by atoms with Gasteiger partial charge in [0.25, 0.3) is 0 Å². The predicted octanol–water partition coefficient (Wildman–Crippen LogP) is 2.02. The van der Waals surface area contributed by atoms with Crippen molar-refractivity contribution >= 4 is 39.7 Å². The molecule has 1 atom stereocenters. The fourth-order valence-corrected chi connectivity index (χ4v) is 1.95. The van der Waals surface area contributed by atoms with E-state index in [1.165, 1.54) is 0 Å². The number of nitrogens with two attached hydrogens (primary N) is 1. The number of hydrogen-bond donors (Lipinski definition) is 2. The van der Waals surface area contributed by atoms with Crippen LogP contribution in [0.3, 0.4) is 0 Å². The quantitative estimate of drug-likeness (QED) is 0.825. The van der Waals surface area contributed by atoms with E-state index in [4.69, 9.17) is 17.3 Å². The normalized spacial score (nSPS) is 12.5. The summed E-state index contributed by atoms with van der Waals surface area (Å²) in [6, 6.07) is 4.81. The van der Waals surface area contributed by atoms with Crippen molar-refractivity contribution in [3.63, 3.8) is 0 Å². The number of nitrogens with one attached hydrogen (secondary N) is 1. The van der Waals surface area contributed by atoms with Gasteiger partial charge in [-0.1, -0.05) is 25.4 Å². The number of benzene rings is 1. The summed E-state index contributed by atoms with van der Waals surface area (Å²) in [6.07, 6.45) is 0. The van der Waals surface area contributed by atoms with E-state index >= 15 is 0 Å². The molecule has 0 saturated carbocycles. The van der Waals surface area contributed by atoms with Crippen molar-refractivity contribution in [2.24, 2.45) is 0 Å². The smallest absolute Gasteiger partial charge is 0.237 e. The van der Waals surface area contributed by atoms with E-state index in [-0.39, 0.29) is 16.9 Å². The maximum Gasteiger partial charge on any atom is 0.237 e. The van der Waals surface area contributed by atoms with Crippen LogP contribution in [0.2, 0.25) is 5.02 Å². The largest absolute Gasteiger partial charge is 0.399 e. The third kappa shape index (κ3) is 4.36. The number of carbonyl (C=O) groups excluding carboxylic acids is 1. The Hall–Kier alpha value is -1.07. The highest BCUT2D eigenvalue weighted by Crippen LogP contribution is 2.23. The minimum Gasteiger partial charge on any atom is -0.399 e. The highest BCUT2D eigenvalue weighted by atomic mass is 35.5. The van der Waals surface area contributed by atoms with E-state index in [0.717, 1.165) is 0 Å². The average molecular weight is 275 g/mol. The van der Waals surface area contributed by atoms with Gasteiger partial charge < -0.3 is 11.1 Å². The molecule has 1 aromatic carbocycles. The van der Waals surface area contributed by atoms with Crippen LogP contribution in [0.4, 0.5) is 11.4 Å². The fraction of sp³-hybridized carbons (Fsp3) is 0.364. The van der Waals surface area contributed by atoms with E-state index in [0.29, 0.717) is 16.4 Å². The Morgan fingerprint density at radius 2 is 2.18 bits per heavy atom. The van der Waals surface area contributed by atoms with Crippen LogP contribution < -0.4 is 11.1 Å². The van der Waals surface area contributed by atoms with Crippen molar-refractivity contribution in [3.8, 4) is 0 Å². The molecule has 0 aromatic heterocycles. The molecule has 94 valence electrons. The SMILES string of the molecule is CC(C)S(=O)CC(=O)Nc1cc(N)ccc1Cl.